The lowest BCUT2D eigenvalue weighted by atomic mass is 10.1. The molecule has 0 fully saturated rings. The first-order valence-electron chi connectivity index (χ1n) is 7.90. The molecule has 2 aromatic rings. The molecular formula is C18H24N2O2. The van der Waals surface area contributed by atoms with Crippen molar-refractivity contribution in [3.05, 3.63) is 41.7 Å². The number of nitrogens with one attached hydrogen (secondary N) is 1. The fourth-order valence-electron chi connectivity index (χ4n) is 2.29. The van der Waals surface area contributed by atoms with Gasteiger partial charge in [0.2, 0.25) is 0 Å². The minimum atomic E-state index is -0.329. The Kier molecular flexibility index (Phi) is 5.75. The summed E-state index contributed by atoms with van der Waals surface area (Å²) in [4.78, 5) is 19.2. The van der Waals surface area contributed by atoms with Gasteiger partial charge in [-0.15, -0.1) is 0 Å². The molecule has 0 bridgehead atoms. The highest BCUT2D eigenvalue weighted by Gasteiger charge is 2.06. The molecule has 1 aromatic carbocycles. The molecule has 0 spiro atoms. The van der Waals surface area contributed by atoms with E-state index in [2.05, 4.69) is 41.7 Å². The van der Waals surface area contributed by atoms with Crippen LogP contribution >= 0.6 is 0 Å². The van der Waals surface area contributed by atoms with Crippen LogP contribution in [0.15, 0.2) is 30.4 Å². The maximum Gasteiger partial charge on any atom is 0.333 e. The molecule has 0 saturated carbocycles. The van der Waals surface area contributed by atoms with E-state index in [1.807, 2.05) is 0 Å². The van der Waals surface area contributed by atoms with E-state index in [0.29, 0.717) is 12.2 Å². The van der Waals surface area contributed by atoms with Crippen molar-refractivity contribution in [2.24, 2.45) is 0 Å². The zero-order valence-electron chi connectivity index (χ0n) is 13.4. The lowest BCUT2D eigenvalue weighted by Crippen LogP contribution is -2.07. The highest BCUT2D eigenvalue weighted by Crippen LogP contribution is 2.16. The van der Waals surface area contributed by atoms with E-state index in [4.69, 9.17) is 4.74 Å². The maximum atomic E-state index is 11.3. The molecule has 0 aliphatic heterocycles. The van der Waals surface area contributed by atoms with E-state index in [1.165, 1.54) is 18.4 Å². The molecule has 0 atom stereocenters. The number of benzene rings is 1. The molecule has 118 valence electrons. The number of hydrogen-bond acceptors (Lipinski definition) is 3. The number of hydrogen-bond donors (Lipinski definition) is 1. The summed E-state index contributed by atoms with van der Waals surface area (Å²) in [6.07, 6.45) is 5.04. The summed E-state index contributed by atoms with van der Waals surface area (Å²) in [5.41, 5.74) is 3.86. The average molecular weight is 300 g/mol. The molecule has 2 rings (SSSR count). The second-order valence-corrected chi connectivity index (χ2v) is 5.66. The minimum Gasteiger partial charge on any atom is -0.462 e. The van der Waals surface area contributed by atoms with Gasteiger partial charge in [0.05, 0.1) is 17.6 Å². The number of unbranched alkanes of at least 4 members (excludes halogenated alkanes) is 1. The van der Waals surface area contributed by atoms with Crippen molar-refractivity contribution in [2.75, 3.05) is 6.61 Å². The standard InChI is InChI=1S/C18H24N2O2/c1-4-5-7-14-9-10-15-16(12-14)20-17(19-15)8-6-11-22-18(21)13(2)3/h9-10,12H,2,4-8,11H2,1,3H3,(H,19,20). The Morgan fingerprint density at radius 1 is 1.32 bits per heavy atom. The van der Waals surface area contributed by atoms with E-state index in [0.717, 1.165) is 36.1 Å². The van der Waals surface area contributed by atoms with Crippen LogP contribution in [0.3, 0.4) is 0 Å². The van der Waals surface area contributed by atoms with Crippen LogP contribution < -0.4 is 0 Å². The molecule has 0 radical (unpaired) electrons. The normalized spacial score (nSPS) is 10.8. The Morgan fingerprint density at radius 3 is 2.86 bits per heavy atom. The fraction of sp³-hybridized carbons (Fsp3) is 0.444. The zero-order valence-corrected chi connectivity index (χ0v) is 13.4. The number of rotatable bonds is 8. The van der Waals surface area contributed by atoms with Gasteiger partial charge in [0, 0.05) is 12.0 Å². The molecule has 0 saturated heterocycles. The Balaban J connectivity index is 1.89. The quantitative estimate of drug-likeness (QED) is 0.456. The predicted molar refractivity (Wildman–Crippen MR) is 88.8 cm³/mol. The number of nitrogens with zero attached hydrogens (tertiary/aromatic N) is 1. The zero-order chi connectivity index (χ0) is 15.9. The predicted octanol–water partition coefficient (Wildman–Crippen LogP) is 3.96. The molecule has 0 amide bonds. The second-order valence-electron chi connectivity index (χ2n) is 5.66. The number of ether oxygens (including phenoxy) is 1. The third kappa shape index (κ3) is 4.45. The van der Waals surface area contributed by atoms with Gasteiger partial charge >= 0.3 is 5.97 Å². The second kappa shape index (κ2) is 7.78. The lowest BCUT2D eigenvalue weighted by molar-refractivity contribution is -0.139. The molecule has 1 aromatic heterocycles. The monoisotopic (exact) mass is 300 g/mol. The van der Waals surface area contributed by atoms with Gasteiger partial charge in [-0.05, 0) is 43.9 Å². The van der Waals surface area contributed by atoms with Crippen LogP contribution in [0.4, 0.5) is 0 Å². The van der Waals surface area contributed by atoms with Crippen molar-refractivity contribution in [1.82, 2.24) is 9.97 Å². The van der Waals surface area contributed by atoms with Gasteiger partial charge in [-0.3, -0.25) is 0 Å². The van der Waals surface area contributed by atoms with E-state index in [9.17, 15) is 4.79 Å². The molecule has 4 heteroatoms. The van der Waals surface area contributed by atoms with Gasteiger partial charge in [0.15, 0.2) is 0 Å². The van der Waals surface area contributed by atoms with Gasteiger partial charge in [-0.1, -0.05) is 26.0 Å². The molecule has 0 unspecified atom stereocenters. The van der Waals surface area contributed by atoms with Crippen molar-refractivity contribution in [2.45, 2.75) is 46.0 Å². The maximum absolute atomic E-state index is 11.3. The number of aromatic amines is 1. The van der Waals surface area contributed by atoms with Gasteiger partial charge in [-0.25, -0.2) is 9.78 Å². The highest BCUT2D eigenvalue weighted by molar-refractivity contribution is 5.86. The molecular weight excluding hydrogens is 276 g/mol. The molecule has 0 aliphatic carbocycles. The Bertz CT molecular complexity index is 658. The molecule has 1 N–H and O–H groups in total. The summed E-state index contributed by atoms with van der Waals surface area (Å²) in [7, 11) is 0. The summed E-state index contributed by atoms with van der Waals surface area (Å²) in [6.45, 7) is 7.80. The van der Waals surface area contributed by atoms with Gasteiger partial charge in [-0.2, -0.15) is 0 Å². The van der Waals surface area contributed by atoms with Crippen LogP contribution in [0.25, 0.3) is 11.0 Å². The first-order chi connectivity index (χ1) is 10.6. The summed E-state index contributed by atoms with van der Waals surface area (Å²) in [5, 5.41) is 0. The summed E-state index contributed by atoms with van der Waals surface area (Å²) >= 11 is 0. The number of carbonyl (C=O) groups is 1. The van der Waals surface area contributed by atoms with Crippen LogP contribution in [-0.4, -0.2) is 22.5 Å². The largest absolute Gasteiger partial charge is 0.462 e. The number of fused-ring (bicyclic) bond motifs is 1. The van der Waals surface area contributed by atoms with E-state index < -0.39 is 0 Å². The van der Waals surface area contributed by atoms with Crippen molar-refractivity contribution < 1.29 is 9.53 Å². The first kappa shape index (κ1) is 16.3. The van der Waals surface area contributed by atoms with Crippen LogP contribution in [0.1, 0.15) is 44.5 Å². The number of aryl methyl sites for hydroxylation is 2. The SMILES string of the molecule is C=C(C)C(=O)OCCCc1nc2ccc(CCCC)cc2[nH]1. The fourth-order valence-corrected chi connectivity index (χ4v) is 2.29. The van der Waals surface area contributed by atoms with Crippen LogP contribution in [0, 0.1) is 0 Å². The van der Waals surface area contributed by atoms with Crippen LogP contribution in [0.2, 0.25) is 0 Å². The summed E-state index contributed by atoms with van der Waals surface area (Å²) in [5.74, 6) is 0.610. The van der Waals surface area contributed by atoms with E-state index >= 15 is 0 Å². The third-order valence-corrected chi connectivity index (χ3v) is 3.55. The average Bonchev–Trinajstić information content (AvgIpc) is 2.91. The Morgan fingerprint density at radius 2 is 2.14 bits per heavy atom. The third-order valence-electron chi connectivity index (χ3n) is 3.55. The number of esters is 1. The number of aromatic nitrogens is 2. The van der Waals surface area contributed by atoms with Crippen molar-refractivity contribution in [3.8, 4) is 0 Å². The lowest BCUT2D eigenvalue weighted by Gasteiger charge is -2.02. The Labute approximate surface area is 131 Å². The minimum absolute atomic E-state index is 0.329. The van der Waals surface area contributed by atoms with Gasteiger partial charge < -0.3 is 9.72 Å². The molecule has 4 nitrogen and oxygen atoms in total. The molecule has 22 heavy (non-hydrogen) atoms. The topological polar surface area (TPSA) is 55.0 Å². The van der Waals surface area contributed by atoms with Crippen LogP contribution in [0.5, 0.6) is 0 Å². The molecule has 0 aliphatic rings. The number of H-pyrrole nitrogens is 1. The van der Waals surface area contributed by atoms with Gasteiger partial charge in [0.25, 0.3) is 0 Å². The number of imidazole rings is 1. The molecule has 1 heterocycles. The van der Waals surface area contributed by atoms with Crippen molar-refractivity contribution in [3.63, 3.8) is 0 Å². The van der Waals surface area contributed by atoms with E-state index in [-0.39, 0.29) is 5.97 Å². The van der Waals surface area contributed by atoms with Gasteiger partial charge in [0.1, 0.15) is 5.82 Å². The van der Waals surface area contributed by atoms with E-state index in [1.54, 1.807) is 6.92 Å². The van der Waals surface area contributed by atoms with Crippen LogP contribution in [-0.2, 0) is 22.4 Å². The summed E-state index contributed by atoms with van der Waals surface area (Å²) < 4.78 is 5.08. The summed E-state index contributed by atoms with van der Waals surface area (Å²) in [6, 6.07) is 6.40. The Hall–Kier alpha value is -2.10. The van der Waals surface area contributed by atoms with Crippen molar-refractivity contribution in [1.29, 1.82) is 0 Å². The highest BCUT2D eigenvalue weighted by atomic mass is 16.5. The van der Waals surface area contributed by atoms with Crippen molar-refractivity contribution >= 4 is 17.0 Å². The first-order valence-corrected chi connectivity index (χ1v) is 7.90. The smallest absolute Gasteiger partial charge is 0.333 e. The number of carbonyl (C=O) groups excluding carboxylic acids is 1.